The second-order valence-electron chi connectivity index (χ2n) is 4.65. The lowest BCUT2D eigenvalue weighted by Crippen LogP contribution is -2.26. The van der Waals surface area contributed by atoms with Gasteiger partial charge in [-0.25, -0.2) is 4.79 Å². The Kier molecular flexibility index (Phi) is 5.44. The van der Waals surface area contributed by atoms with Gasteiger partial charge in [-0.2, -0.15) is 0 Å². The first-order valence-electron chi connectivity index (χ1n) is 5.84. The molecular formula is C13H18ClNO3. The number of rotatable bonds is 6. The van der Waals surface area contributed by atoms with Crippen molar-refractivity contribution < 1.29 is 15.0 Å². The third kappa shape index (κ3) is 4.20. The number of carboxylic acid groups (broad SMARTS) is 1. The molecule has 0 aliphatic rings. The largest absolute Gasteiger partial charge is 0.478 e. The molecule has 4 nitrogen and oxygen atoms in total. The molecule has 0 fully saturated rings. The van der Waals surface area contributed by atoms with Crippen molar-refractivity contribution in [1.29, 1.82) is 0 Å². The van der Waals surface area contributed by atoms with Crippen LogP contribution in [0.25, 0.3) is 0 Å². The molecule has 0 aliphatic carbocycles. The van der Waals surface area contributed by atoms with Gasteiger partial charge in [0.25, 0.3) is 0 Å². The molecule has 1 rings (SSSR count). The molecule has 0 spiro atoms. The highest BCUT2D eigenvalue weighted by Gasteiger charge is 2.15. The molecule has 0 aliphatic heterocycles. The van der Waals surface area contributed by atoms with Crippen LogP contribution in [-0.4, -0.2) is 28.8 Å². The molecule has 0 heterocycles. The Labute approximate surface area is 112 Å². The van der Waals surface area contributed by atoms with Crippen LogP contribution < -0.4 is 5.32 Å². The maximum atomic E-state index is 11.1. The summed E-state index contributed by atoms with van der Waals surface area (Å²) in [5.41, 5.74) is 0.594. The van der Waals surface area contributed by atoms with E-state index in [1.54, 1.807) is 12.1 Å². The molecule has 18 heavy (non-hydrogen) atoms. The van der Waals surface area contributed by atoms with E-state index in [9.17, 15) is 9.90 Å². The third-order valence-corrected chi connectivity index (χ3v) is 2.78. The van der Waals surface area contributed by atoms with Gasteiger partial charge in [0, 0.05) is 16.8 Å². The Hall–Kier alpha value is -1.26. The standard InChI is InChI=1S/C13H18ClNO3/c1-8(2)5-10(7-16)15-12-4-3-9(14)6-11(12)13(17)18/h3-4,6,8,10,15-16H,5,7H2,1-2H3,(H,17,18). The van der Waals surface area contributed by atoms with Crippen LogP contribution in [0.1, 0.15) is 30.6 Å². The van der Waals surface area contributed by atoms with Gasteiger partial charge in [0.15, 0.2) is 0 Å². The van der Waals surface area contributed by atoms with Crippen molar-refractivity contribution >= 4 is 23.3 Å². The summed E-state index contributed by atoms with van der Waals surface area (Å²) in [5.74, 6) is -0.628. The number of anilines is 1. The predicted octanol–water partition coefficient (Wildman–Crippen LogP) is 2.86. The number of aliphatic hydroxyl groups excluding tert-OH is 1. The van der Waals surface area contributed by atoms with Crippen LogP contribution in [0.3, 0.4) is 0 Å². The minimum atomic E-state index is -1.04. The number of aliphatic hydroxyl groups is 1. The number of carboxylic acids is 1. The molecule has 1 atom stereocenters. The summed E-state index contributed by atoms with van der Waals surface area (Å²) in [6.45, 7) is 4.05. The minimum Gasteiger partial charge on any atom is -0.478 e. The zero-order chi connectivity index (χ0) is 13.7. The second-order valence-corrected chi connectivity index (χ2v) is 5.08. The maximum Gasteiger partial charge on any atom is 0.337 e. The molecule has 0 bridgehead atoms. The molecule has 0 aromatic heterocycles. The molecule has 1 aromatic rings. The van der Waals surface area contributed by atoms with E-state index in [1.807, 2.05) is 13.8 Å². The van der Waals surface area contributed by atoms with Crippen LogP contribution in [0.4, 0.5) is 5.69 Å². The Morgan fingerprint density at radius 2 is 2.11 bits per heavy atom. The Morgan fingerprint density at radius 3 is 2.61 bits per heavy atom. The summed E-state index contributed by atoms with van der Waals surface area (Å²) in [6.07, 6.45) is 0.762. The molecule has 0 saturated heterocycles. The van der Waals surface area contributed by atoms with Gasteiger partial charge in [-0.3, -0.25) is 0 Å². The van der Waals surface area contributed by atoms with Crippen molar-refractivity contribution in [1.82, 2.24) is 0 Å². The number of hydrogen-bond donors (Lipinski definition) is 3. The second kappa shape index (κ2) is 6.61. The van der Waals surface area contributed by atoms with E-state index in [-0.39, 0.29) is 18.2 Å². The maximum absolute atomic E-state index is 11.1. The van der Waals surface area contributed by atoms with Crippen LogP contribution in [0.15, 0.2) is 18.2 Å². The van der Waals surface area contributed by atoms with E-state index in [1.165, 1.54) is 6.07 Å². The van der Waals surface area contributed by atoms with Gasteiger partial charge in [-0.1, -0.05) is 25.4 Å². The quantitative estimate of drug-likeness (QED) is 0.744. The van der Waals surface area contributed by atoms with Crippen LogP contribution in [0, 0.1) is 5.92 Å². The first-order valence-corrected chi connectivity index (χ1v) is 6.22. The van der Waals surface area contributed by atoms with Crippen molar-refractivity contribution in [2.75, 3.05) is 11.9 Å². The Bertz CT molecular complexity index is 421. The number of hydrogen-bond acceptors (Lipinski definition) is 3. The summed E-state index contributed by atoms with van der Waals surface area (Å²) in [5, 5.41) is 21.8. The number of aromatic carboxylic acids is 1. The summed E-state index contributed by atoms with van der Waals surface area (Å²) in [7, 11) is 0. The van der Waals surface area contributed by atoms with E-state index in [2.05, 4.69) is 5.32 Å². The van der Waals surface area contributed by atoms with Crippen LogP contribution in [0.2, 0.25) is 5.02 Å². The van der Waals surface area contributed by atoms with Crippen LogP contribution in [-0.2, 0) is 0 Å². The average molecular weight is 272 g/mol. The zero-order valence-electron chi connectivity index (χ0n) is 10.5. The van der Waals surface area contributed by atoms with Gasteiger partial charge in [0.1, 0.15) is 0 Å². The molecule has 1 unspecified atom stereocenters. The van der Waals surface area contributed by atoms with Gasteiger partial charge in [0.2, 0.25) is 0 Å². The summed E-state index contributed by atoms with van der Waals surface area (Å²) in [4.78, 5) is 11.1. The van der Waals surface area contributed by atoms with Crippen LogP contribution in [0.5, 0.6) is 0 Å². The van der Waals surface area contributed by atoms with Gasteiger partial charge < -0.3 is 15.5 Å². The van der Waals surface area contributed by atoms with Crippen molar-refractivity contribution in [3.8, 4) is 0 Å². The van der Waals surface area contributed by atoms with Crippen molar-refractivity contribution in [2.24, 2.45) is 5.92 Å². The molecule has 3 N–H and O–H groups in total. The fourth-order valence-corrected chi connectivity index (χ4v) is 1.96. The molecule has 1 aromatic carbocycles. The molecule has 0 amide bonds. The third-order valence-electron chi connectivity index (χ3n) is 2.55. The van der Waals surface area contributed by atoms with Gasteiger partial charge >= 0.3 is 5.97 Å². The van der Waals surface area contributed by atoms with Crippen molar-refractivity contribution in [3.63, 3.8) is 0 Å². The smallest absolute Gasteiger partial charge is 0.337 e. The Morgan fingerprint density at radius 1 is 1.44 bits per heavy atom. The Balaban J connectivity index is 2.91. The summed E-state index contributed by atoms with van der Waals surface area (Å²) >= 11 is 5.78. The van der Waals surface area contributed by atoms with Crippen molar-refractivity contribution in [2.45, 2.75) is 26.3 Å². The number of halogens is 1. The number of carbonyl (C=O) groups is 1. The summed E-state index contributed by atoms with van der Waals surface area (Å²) in [6, 6.07) is 4.48. The first-order chi connectivity index (χ1) is 8.43. The fourth-order valence-electron chi connectivity index (χ4n) is 1.79. The summed E-state index contributed by atoms with van der Waals surface area (Å²) < 4.78 is 0. The lowest BCUT2D eigenvalue weighted by atomic mass is 10.0. The van der Waals surface area contributed by atoms with E-state index < -0.39 is 5.97 Å². The number of nitrogens with one attached hydrogen (secondary N) is 1. The molecule has 0 radical (unpaired) electrons. The van der Waals surface area contributed by atoms with Crippen LogP contribution >= 0.6 is 11.6 Å². The predicted molar refractivity (Wildman–Crippen MR) is 72.4 cm³/mol. The van der Waals surface area contributed by atoms with Gasteiger partial charge in [-0.05, 0) is 30.5 Å². The number of benzene rings is 1. The topological polar surface area (TPSA) is 69.6 Å². The molecular weight excluding hydrogens is 254 g/mol. The normalized spacial score (nSPS) is 12.5. The van der Waals surface area contributed by atoms with E-state index in [0.717, 1.165) is 6.42 Å². The highest BCUT2D eigenvalue weighted by atomic mass is 35.5. The average Bonchev–Trinajstić information content (AvgIpc) is 2.29. The highest BCUT2D eigenvalue weighted by molar-refractivity contribution is 6.31. The fraction of sp³-hybridized carbons (Fsp3) is 0.462. The monoisotopic (exact) mass is 271 g/mol. The zero-order valence-corrected chi connectivity index (χ0v) is 11.2. The van der Waals surface area contributed by atoms with E-state index in [0.29, 0.717) is 16.6 Å². The lowest BCUT2D eigenvalue weighted by molar-refractivity contribution is 0.0697. The minimum absolute atomic E-state index is 0.0418. The highest BCUT2D eigenvalue weighted by Crippen LogP contribution is 2.22. The molecule has 5 heteroatoms. The molecule has 100 valence electrons. The van der Waals surface area contributed by atoms with E-state index in [4.69, 9.17) is 16.7 Å². The van der Waals surface area contributed by atoms with Gasteiger partial charge in [0.05, 0.1) is 12.2 Å². The van der Waals surface area contributed by atoms with Crippen molar-refractivity contribution in [3.05, 3.63) is 28.8 Å². The van der Waals surface area contributed by atoms with E-state index >= 15 is 0 Å². The lowest BCUT2D eigenvalue weighted by Gasteiger charge is -2.20. The van der Waals surface area contributed by atoms with Gasteiger partial charge in [-0.15, -0.1) is 0 Å². The first kappa shape index (κ1) is 14.8. The molecule has 0 saturated carbocycles. The SMILES string of the molecule is CC(C)CC(CO)Nc1ccc(Cl)cc1C(=O)O.